The fraction of sp³-hybridized carbons (Fsp3) is 0.267. The molecule has 1 aromatic heterocycles. The largest absolute Gasteiger partial charge is 0.399 e. The molecule has 2 heteroatoms. The Morgan fingerprint density at radius 3 is 2.47 bits per heavy atom. The highest BCUT2D eigenvalue weighted by molar-refractivity contribution is 5.62. The van der Waals surface area contributed by atoms with E-state index in [4.69, 9.17) is 10.7 Å². The summed E-state index contributed by atoms with van der Waals surface area (Å²) in [5.41, 5.74) is 11.4. The zero-order valence-electron chi connectivity index (χ0n) is 9.82. The minimum atomic E-state index is 0.798. The molecule has 0 aliphatic heterocycles. The molecule has 1 heterocycles. The predicted molar refractivity (Wildman–Crippen MR) is 70.7 cm³/mol. The number of hydrogen-bond acceptors (Lipinski definition) is 2. The first-order valence-electron chi connectivity index (χ1n) is 6.18. The lowest BCUT2D eigenvalue weighted by Crippen LogP contribution is -2.05. The highest BCUT2D eigenvalue weighted by atomic mass is 14.7. The predicted octanol–water partition coefficient (Wildman–Crippen LogP) is 3.21. The molecule has 86 valence electrons. The molecule has 3 rings (SSSR count). The third-order valence-corrected chi connectivity index (χ3v) is 3.38. The maximum atomic E-state index is 5.70. The minimum Gasteiger partial charge on any atom is -0.399 e. The summed E-state index contributed by atoms with van der Waals surface area (Å²) < 4.78 is 0. The first kappa shape index (κ1) is 10.3. The number of anilines is 1. The van der Waals surface area contributed by atoms with E-state index in [1.54, 1.807) is 0 Å². The molecule has 1 aliphatic carbocycles. The summed E-state index contributed by atoms with van der Waals surface area (Å²) in [4.78, 5) is 4.77. The highest BCUT2D eigenvalue weighted by Gasteiger charge is 2.11. The van der Waals surface area contributed by atoms with Crippen LogP contribution in [0.5, 0.6) is 0 Å². The quantitative estimate of drug-likeness (QED) is 0.755. The number of nitrogen functional groups attached to an aromatic ring is 1. The smallest absolute Gasteiger partial charge is 0.0705 e. The van der Waals surface area contributed by atoms with Gasteiger partial charge in [-0.05, 0) is 49.4 Å². The van der Waals surface area contributed by atoms with Gasteiger partial charge in [0, 0.05) is 16.9 Å². The fourth-order valence-corrected chi connectivity index (χ4v) is 2.40. The molecular weight excluding hydrogens is 208 g/mol. The van der Waals surface area contributed by atoms with Crippen molar-refractivity contribution in [2.24, 2.45) is 0 Å². The molecular formula is C15H16N2. The Balaban J connectivity index is 2.01. The first-order chi connectivity index (χ1) is 8.33. The van der Waals surface area contributed by atoms with Crippen molar-refractivity contribution in [1.29, 1.82) is 0 Å². The van der Waals surface area contributed by atoms with Crippen molar-refractivity contribution in [3.05, 3.63) is 47.7 Å². The lowest BCUT2D eigenvalue weighted by molar-refractivity contribution is 0.668. The van der Waals surface area contributed by atoms with Crippen molar-refractivity contribution in [2.75, 3.05) is 5.73 Å². The second-order valence-electron chi connectivity index (χ2n) is 4.63. The van der Waals surface area contributed by atoms with Gasteiger partial charge in [-0.25, -0.2) is 0 Å². The number of aryl methyl sites for hydroxylation is 2. The normalized spacial score (nSPS) is 14.4. The summed E-state index contributed by atoms with van der Waals surface area (Å²) in [5.74, 6) is 0. The van der Waals surface area contributed by atoms with Gasteiger partial charge in [-0.1, -0.05) is 18.2 Å². The first-order valence-corrected chi connectivity index (χ1v) is 6.18. The second-order valence-corrected chi connectivity index (χ2v) is 4.63. The zero-order chi connectivity index (χ0) is 11.7. The Kier molecular flexibility index (Phi) is 2.56. The summed E-state index contributed by atoms with van der Waals surface area (Å²) in [5, 5.41) is 0. The molecule has 0 saturated heterocycles. The van der Waals surface area contributed by atoms with Crippen molar-refractivity contribution < 1.29 is 0 Å². The van der Waals surface area contributed by atoms with Gasteiger partial charge in [0.25, 0.3) is 0 Å². The van der Waals surface area contributed by atoms with Crippen LogP contribution < -0.4 is 5.73 Å². The topological polar surface area (TPSA) is 38.9 Å². The molecule has 0 fully saturated rings. The van der Waals surface area contributed by atoms with Gasteiger partial charge in [-0.3, -0.25) is 4.98 Å². The van der Waals surface area contributed by atoms with Crippen molar-refractivity contribution in [3.63, 3.8) is 0 Å². The van der Waals surface area contributed by atoms with Gasteiger partial charge in [-0.2, -0.15) is 0 Å². The molecule has 1 aromatic carbocycles. The van der Waals surface area contributed by atoms with Gasteiger partial charge in [0.05, 0.1) is 5.69 Å². The maximum Gasteiger partial charge on any atom is 0.0705 e. The molecule has 2 nitrogen and oxygen atoms in total. The average molecular weight is 224 g/mol. The summed E-state index contributed by atoms with van der Waals surface area (Å²) in [7, 11) is 0. The molecule has 0 saturated carbocycles. The molecule has 0 atom stereocenters. The molecule has 0 spiro atoms. The van der Waals surface area contributed by atoms with Gasteiger partial charge in [-0.15, -0.1) is 0 Å². The third kappa shape index (κ3) is 2.03. The van der Waals surface area contributed by atoms with Crippen LogP contribution in [0.2, 0.25) is 0 Å². The Bertz CT molecular complexity index is 529. The molecule has 2 N–H and O–H groups in total. The van der Waals surface area contributed by atoms with Crippen molar-refractivity contribution >= 4 is 5.69 Å². The number of rotatable bonds is 1. The van der Waals surface area contributed by atoms with Crippen LogP contribution >= 0.6 is 0 Å². The van der Waals surface area contributed by atoms with Crippen molar-refractivity contribution in [2.45, 2.75) is 25.7 Å². The van der Waals surface area contributed by atoms with Crippen LogP contribution in [0.3, 0.4) is 0 Å². The Labute approximate surface area is 102 Å². The molecule has 17 heavy (non-hydrogen) atoms. The van der Waals surface area contributed by atoms with E-state index in [2.05, 4.69) is 12.1 Å². The summed E-state index contributed by atoms with van der Waals surface area (Å²) in [6.07, 6.45) is 4.88. The van der Waals surface area contributed by atoms with Gasteiger partial charge in [0.15, 0.2) is 0 Å². The van der Waals surface area contributed by atoms with E-state index in [1.165, 1.54) is 30.5 Å². The minimum absolute atomic E-state index is 0.798. The van der Waals surface area contributed by atoms with E-state index >= 15 is 0 Å². The van der Waals surface area contributed by atoms with Crippen LogP contribution in [0.4, 0.5) is 5.69 Å². The average Bonchev–Trinajstić information content (AvgIpc) is 2.39. The van der Waals surface area contributed by atoms with Crippen molar-refractivity contribution in [1.82, 2.24) is 4.98 Å². The van der Waals surface area contributed by atoms with E-state index in [0.29, 0.717) is 0 Å². The molecule has 0 unspecified atom stereocenters. The van der Waals surface area contributed by atoms with E-state index in [0.717, 1.165) is 23.4 Å². The molecule has 0 radical (unpaired) electrons. The van der Waals surface area contributed by atoms with Crippen LogP contribution in [0, 0.1) is 0 Å². The number of fused-ring (bicyclic) bond motifs is 1. The lowest BCUT2D eigenvalue weighted by atomic mass is 9.95. The standard InChI is InChI=1S/C15H16N2/c16-13-8-5-12(6-9-13)15-10-7-11-3-1-2-4-14(11)17-15/h5-10H,1-4,16H2. The van der Waals surface area contributed by atoms with E-state index in [-0.39, 0.29) is 0 Å². The van der Waals surface area contributed by atoms with E-state index in [1.807, 2.05) is 24.3 Å². The number of nitrogens with two attached hydrogens (primary N) is 1. The molecule has 1 aliphatic rings. The molecule has 0 amide bonds. The van der Waals surface area contributed by atoms with Crippen LogP contribution in [0.1, 0.15) is 24.1 Å². The third-order valence-electron chi connectivity index (χ3n) is 3.38. The zero-order valence-corrected chi connectivity index (χ0v) is 9.82. The van der Waals surface area contributed by atoms with Gasteiger partial charge in [0.1, 0.15) is 0 Å². The van der Waals surface area contributed by atoms with Crippen LogP contribution in [0.15, 0.2) is 36.4 Å². The molecule has 2 aromatic rings. The maximum absolute atomic E-state index is 5.70. The number of hydrogen-bond donors (Lipinski definition) is 1. The van der Waals surface area contributed by atoms with E-state index < -0.39 is 0 Å². The second kappa shape index (κ2) is 4.21. The number of aromatic nitrogens is 1. The molecule has 0 bridgehead atoms. The SMILES string of the molecule is Nc1ccc(-c2ccc3c(n2)CCCC3)cc1. The van der Waals surface area contributed by atoms with Crippen LogP contribution in [0.25, 0.3) is 11.3 Å². The number of pyridine rings is 1. The number of nitrogens with zero attached hydrogens (tertiary/aromatic N) is 1. The Morgan fingerprint density at radius 1 is 0.882 bits per heavy atom. The van der Waals surface area contributed by atoms with Gasteiger partial charge < -0.3 is 5.73 Å². The van der Waals surface area contributed by atoms with Crippen LogP contribution in [-0.2, 0) is 12.8 Å². The van der Waals surface area contributed by atoms with Gasteiger partial charge >= 0.3 is 0 Å². The van der Waals surface area contributed by atoms with Crippen molar-refractivity contribution in [3.8, 4) is 11.3 Å². The highest BCUT2D eigenvalue weighted by Crippen LogP contribution is 2.24. The fourth-order valence-electron chi connectivity index (χ4n) is 2.40. The van der Waals surface area contributed by atoms with E-state index in [9.17, 15) is 0 Å². The van der Waals surface area contributed by atoms with Crippen LogP contribution in [-0.4, -0.2) is 4.98 Å². The Morgan fingerprint density at radius 2 is 1.65 bits per heavy atom. The summed E-state index contributed by atoms with van der Waals surface area (Å²) in [6, 6.07) is 12.3. The van der Waals surface area contributed by atoms with Gasteiger partial charge in [0.2, 0.25) is 0 Å². The number of benzene rings is 1. The Hall–Kier alpha value is -1.83. The summed E-state index contributed by atoms with van der Waals surface area (Å²) >= 11 is 0. The summed E-state index contributed by atoms with van der Waals surface area (Å²) in [6.45, 7) is 0. The monoisotopic (exact) mass is 224 g/mol. The lowest BCUT2D eigenvalue weighted by Gasteiger charge is -2.15.